The average Bonchev–Trinajstić information content (AvgIpc) is 3.49. The number of hydrogen-bond donors (Lipinski definition) is 0. The molecule has 1 aliphatic rings. The van der Waals surface area contributed by atoms with E-state index in [1.165, 1.54) is 15.9 Å². The average molecular weight is 496 g/mol. The van der Waals surface area contributed by atoms with Crippen molar-refractivity contribution in [3.05, 3.63) is 48.8 Å². The summed E-state index contributed by atoms with van der Waals surface area (Å²) < 4.78 is 8.88. The Balaban J connectivity index is 1.43. The molecule has 0 saturated carbocycles. The first-order valence-electron chi connectivity index (χ1n) is 10.7. The summed E-state index contributed by atoms with van der Waals surface area (Å²) >= 11 is 13.4. The molecule has 0 saturated heterocycles. The summed E-state index contributed by atoms with van der Waals surface area (Å²) in [5.41, 5.74) is -0.123. The zero-order valence-corrected chi connectivity index (χ0v) is 20.0. The van der Waals surface area contributed by atoms with Crippen molar-refractivity contribution in [2.24, 2.45) is 4.99 Å². The minimum absolute atomic E-state index is 0.279. The van der Waals surface area contributed by atoms with E-state index in [1.54, 1.807) is 10.6 Å². The molecule has 32 heavy (non-hydrogen) atoms. The van der Waals surface area contributed by atoms with Gasteiger partial charge in [-0.05, 0) is 31.4 Å². The fourth-order valence-corrected chi connectivity index (χ4v) is 4.87. The van der Waals surface area contributed by atoms with Crippen molar-refractivity contribution in [2.75, 3.05) is 0 Å². The highest BCUT2D eigenvalue weighted by Crippen LogP contribution is 2.29. The van der Waals surface area contributed by atoms with Crippen LogP contribution in [0, 0.1) is 0 Å². The standard InChI is InChI=1S/C21H23Cl2N5O3S/c1-2-3-5-10-27-19-13(12-15(22)24-19)20(29)28(21(27)30)11-6-4-7-17-25-18(26-31-17)14-8-9-16(23)32-14/h8-9H,2-7,10-12H2,1H3. The highest BCUT2D eigenvalue weighted by Gasteiger charge is 2.24. The third kappa shape index (κ3) is 4.89. The minimum atomic E-state index is -0.324. The van der Waals surface area contributed by atoms with Gasteiger partial charge in [0.2, 0.25) is 11.7 Å². The number of aryl methyl sites for hydroxylation is 1. The number of nitrogens with zero attached hydrogens (tertiary/aromatic N) is 5. The van der Waals surface area contributed by atoms with E-state index in [4.69, 9.17) is 27.7 Å². The van der Waals surface area contributed by atoms with E-state index in [0.29, 0.717) is 65.0 Å². The zero-order valence-electron chi connectivity index (χ0n) is 17.6. The normalized spacial score (nSPS) is 12.9. The second-order valence-corrected chi connectivity index (χ2v) is 9.79. The maximum atomic E-state index is 13.0. The molecular weight excluding hydrogens is 473 g/mol. The first kappa shape index (κ1) is 22.9. The molecule has 0 fully saturated rings. The highest BCUT2D eigenvalue weighted by atomic mass is 35.5. The minimum Gasteiger partial charge on any atom is -0.339 e. The Labute approximate surface area is 198 Å². The lowest BCUT2D eigenvalue weighted by atomic mass is 10.2. The maximum Gasteiger partial charge on any atom is 0.332 e. The van der Waals surface area contributed by atoms with Crippen LogP contribution in [0.3, 0.4) is 0 Å². The fraction of sp³-hybridized carbons (Fsp3) is 0.476. The van der Waals surface area contributed by atoms with Crippen molar-refractivity contribution in [2.45, 2.75) is 65.0 Å². The predicted molar refractivity (Wildman–Crippen MR) is 127 cm³/mol. The molecule has 1 aliphatic heterocycles. The van der Waals surface area contributed by atoms with Crippen molar-refractivity contribution in [3.63, 3.8) is 0 Å². The third-order valence-corrected chi connectivity index (χ3v) is 6.76. The van der Waals surface area contributed by atoms with Crippen LogP contribution in [0.25, 0.3) is 10.7 Å². The molecule has 0 N–H and O–H groups in total. The molecule has 3 aromatic rings. The number of aliphatic imine (C=N–C) groups is 1. The summed E-state index contributed by atoms with van der Waals surface area (Å²) in [4.78, 5) is 35.4. The van der Waals surface area contributed by atoms with Crippen LogP contribution in [-0.4, -0.2) is 24.4 Å². The van der Waals surface area contributed by atoms with Gasteiger partial charge in [-0.15, -0.1) is 11.3 Å². The van der Waals surface area contributed by atoms with E-state index in [-0.39, 0.29) is 17.7 Å². The van der Waals surface area contributed by atoms with E-state index in [2.05, 4.69) is 22.1 Å². The van der Waals surface area contributed by atoms with Gasteiger partial charge in [0, 0.05) is 25.9 Å². The van der Waals surface area contributed by atoms with Gasteiger partial charge >= 0.3 is 5.69 Å². The summed E-state index contributed by atoms with van der Waals surface area (Å²) in [6, 6.07) is 3.64. The highest BCUT2D eigenvalue weighted by molar-refractivity contribution is 7.19. The number of aromatic nitrogens is 4. The van der Waals surface area contributed by atoms with E-state index >= 15 is 0 Å². The first-order valence-corrected chi connectivity index (χ1v) is 12.2. The summed E-state index contributed by atoms with van der Waals surface area (Å²) in [5, 5.41) is 4.34. The van der Waals surface area contributed by atoms with Gasteiger partial charge in [-0.3, -0.25) is 13.9 Å². The number of unbranched alkanes of at least 4 members (excludes halogenated alkanes) is 3. The Kier molecular flexibility index (Phi) is 7.27. The molecule has 11 heteroatoms. The lowest BCUT2D eigenvalue weighted by Crippen LogP contribution is -2.41. The fourth-order valence-electron chi connectivity index (χ4n) is 3.68. The van der Waals surface area contributed by atoms with Crippen LogP contribution in [0.1, 0.15) is 50.5 Å². The lowest BCUT2D eigenvalue weighted by Gasteiger charge is -2.14. The van der Waals surface area contributed by atoms with Gasteiger partial charge in [-0.2, -0.15) is 4.98 Å². The molecule has 8 nitrogen and oxygen atoms in total. The van der Waals surface area contributed by atoms with Gasteiger partial charge in [0.25, 0.3) is 5.56 Å². The molecule has 0 aromatic carbocycles. The van der Waals surface area contributed by atoms with Gasteiger partial charge in [0.15, 0.2) is 0 Å². The monoisotopic (exact) mass is 495 g/mol. The van der Waals surface area contributed by atoms with Crippen LogP contribution < -0.4 is 11.2 Å². The molecule has 0 spiro atoms. The lowest BCUT2D eigenvalue weighted by molar-refractivity contribution is 0.372. The topological polar surface area (TPSA) is 95.3 Å². The predicted octanol–water partition coefficient (Wildman–Crippen LogP) is 4.81. The largest absolute Gasteiger partial charge is 0.339 e. The second kappa shape index (κ2) is 10.1. The molecule has 4 heterocycles. The van der Waals surface area contributed by atoms with Crippen LogP contribution in [0.15, 0.2) is 31.2 Å². The quantitative estimate of drug-likeness (QED) is 0.376. The van der Waals surface area contributed by atoms with Gasteiger partial charge < -0.3 is 4.52 Å². The van der Waals surface area contributed by atoms with Crippen molar-refractivity contribution >= 4 is 45.5 Å². The van der Waals surface area contributed by atoms with E-state index in [9.17, 15) is 9.59 Å². The van der Waals surface area contributed by atoms with E-state index < -0.39 is 0 Å². The summed E-state index contributed by atoms with van der Waals surface area (Å²) in [7, 11) is 0. The summed E-state index contributed by atoms with van der Waals surface area (Å²) in [5.74, 6) is 1.45. The van der Waals surface area contributed by atoms with Crippen molar-refractivity contribution in [3.8, 4) is 10.7 Å². The van der Waals surface area contributed by atoms with Crippen LogP contribution >= 0.6 is 34.5 Å². The molecule has 3 aromatic heterocycles. The van der Waals surface area contributed by atoms with Gasteiger partial charge in [-0.1, -0.05) is 48.1 Å². The SMILES string of the molecule is CCCCCn1c2c(c(=O)n(CCCCc3nc(-c4ccc(Cl)s4)no3)c1=O)CC(Cl)=N2. The summed E-state index contributed by atoms with van der Waals surface area (Å²) in [6.07, 6.45) is 5.05. The zero-order chi connectivity index (χ0) is 22.7. The maximum absolute atomic E-state index is 13.0. The first-order chi connectivity index (χ1) is 15.5. The Morgan fingerprint density at radius 1 is 1.09 bits per heavy atom. The number of fused-ring (bicyclic) bond motifs is 1. The molecule has 0 amide bonds. The second-order valence-electron chi connectivity index (χ2n) is 7.64. The van der Waals surface area contributed by atoms with E-state index in [0.717, 1.165) is 24.1 Å². The van der Waals surface area contributed by atoms with Gasteiger partial charge in [-0.25, -0.2) is 9.79 Å². The number of rotatable bonds is 10. The Hall–Kier alpha value is -2.23. The number of hydrogen-bond acceptors (Lipinski definition) is 7. The van der Waals surface area contributed by atoms with Crippen LogP contribution in [0.4, 0.5) is 5.82 Å². The third-order valence-electron chi connectivity index (χ3n) is 5.31. The Morgan fingerprint density at radius 3 is 2.62 bits per heavy atom. The molecule has 170 valence electrons. The van der Waals surface area contributed by atoms with Gasteiger partial charge in [0.1, 0.15) is 11.0 Å². The molecular formula is C21H23Cl2N5O3S. The van der Waals surface area contributed by atoms with Crippen LogP contribution in [0.2, 0.25) is 4.34 Å². The van der Waals surface area contributed by atoms with E-state index in [1.807, 2.05) is 6.07 Å². The molecule has 0 atom stereocenters. The van der Waals surface area contributed by atoms with Crippen molar-refractivity contribution in [1.29, 1.82) is 0 Å². The smallest absolute Gasteiger partial charge is 0.332 e. The van der Waals surface area contributed by atoms with Crippen molar-refractivity contribution in [1.82, 2.24) is 19.3 Å². The van der Waals surface area contributed by atoms with Crippen LogP contribution in [-0.2, 0) is 25.9 Å². The molecule has 0 unspecified atom stereocenters. The Morgan fingerprint density at radius 2 is 1.88 bits per heavy atom. The van der Waals surface area contributed by atoms with Gasteiger partial charge in [0.05, 0.1) is 14.8 Å². The molecule has 4 rings (SSSR count). The van der Waals surface area contributed by atoms with Crippen molar-refractivity contribution < 1.29 is 4.52 Å². The molecule has 0 bridgehead atoms. The van der Waals surface area contributed by atoms with Crippen LogP contribution in [0.5, 0.6) is 0 Å². The number of thiophene rings is 1. The Bertz CT molecular complexity index is 1260. The molecule has 0 aliphatic carbocycles. The molecule has 0 radical (unpaired) electrons. The number of halogens is 2. The summed E-state index contributed by atoms with van der Waals surface area (Å²) in [6.45, 7) is 2.95.